The quantitative estimate of drug-likeness (QED) is 0.533. The number of piperidine rings is 1. The smallest absolute Gasteiger partial charge is 0.261 e. The van der Waals surface area contributed by atoms with Gasteiger partial charge in [0.15, 0.2) is 0 Å². The monoisotopic (exact) mass is 353 g/mol. The van der Waals surface area contributed by atoms with Crippen LogP contribution in [0.4, 0.5) is 0 Å². The van der Waals surface area contributed by atoms with Gasteiger partial charge >= 0.3 is 0 Å². The lowest BCUT2D eigenvalue weighted by Gasteiger charge is -2.33. The molecule has 2 aromatic rings. The van der Waals surface area contributed by atoms with E-state index in [2.05, 4.69) is 4.90 Å². The Morgan fingerprint density at radius 1 is 0.962 bits per heavy atom. The van der Waals surface area contributed by atoms with Gasteiger partial charge in [0.05, 0.1) is 6.61 Å². The standard InChI is InChI=1S/C22H27NO3/c1-25-22(20-13-7-3-8-14-20,21(24)19-11-5-2-6-12-19)26-18-17-23-15-9-4-10-16-23/h2-3,5-8,11-14H,4,9-10,15-18H2,1H3. The lowest BCUT2D eigenvalue weighted by molar-refractivity contribution is -0.195. The van der Waals surface area contributed by atoms with Crippen LogP contribution in [0.5, 0.6) is 0 Å². The fourth-order valence-corrected chi connectivity index (χ4v) is 3.49. The van der Waals surface area contributed by atoms with Crippen molar-refractivity contribution in [2.45, 2.75) is 25.0 Å². The number of carbonyl (C=O) groups is 1. The number of ketones is 1. The summed E-state index contributed by atoms with van der Waals surface area (Å²) in [6.07, 6.45) is 3.77. The Labute approximate surface area is 155 Å². The van der Waals surface area contributed by atoms with Crippen LogP contribution in [0.15, 0.2) is 60.7 Å². The summed E-state index contributed by atoms with van der Waals surface area (Å²) < 4.78 is 11.9. The zero-order chi connectivity index (χ0) is 18.2. The molecule has 1 aliphatic heterocycles. The Kier molecular flexibility index (Phi) is 6.56. The van der Waals surface area contributed by atoms with Gasteiger partial charge in [0, 0.05) is 24.8 Å². The van der Waals surface area contributed by atoms with Crippen molar-refractivity contribution in [3.8, 4) is 0 Å². The van der Waals surface area contributed by atoms with Crippen LogP contribution in [0.2, 0.25) is 0 Å². The summed E-state index contributed by atoms with van der Waals surface area (Å²) in [5.74, 6) is -1.59. The molecule has 1 heterocycles. The molecule has 138 valence electrons. The number of Topliss-reactive ketones (excluding diaryl/α,β-unsaturated/α-hetero) is 1. The molecule has 0 amide bonds. The maximum atomic E-state index is 13.3. The highest BCUT2D eigenvalue weighted by Gasteiger charge is 2.42. The molecule has 1 fully saturated rings. The van der Waals surface area contributed by atoms with E-state index in [-0.39, 0.29) is 5.78 Å². The summed E-state index contributed by atoms with van der Waals surface area (Å²) in [5, 5.41) is 0. The number of likely N-dealkylation sites (tertiary alicyclic amines) is 1. The largest absolute Gasteiger partial charge is 0.343 e. The average molecular weight is 353 g/mol. The maximum Gasteiger partial charge on any atom is 0.261 e. The topological polar surface area (TPSA) is 38.8 Å². The third kappa shape index (κ3) is 4.21. The first-order valence-electron chi connectivity index (χ1n) is 9.33. The fourth-order valence-electron chi connectivity index (χ4n) is 3.49. The Morgan fingerprint density at radius 3 is 2.19 bits per heavy atom. The van der Waals surface area contributed by atoms with E-state index in [0.717, 1.165) is 25.2 Å². The lowest BCUT2D eigenvalue weighted by Crippen LogP contribution is -2.43. The van der Waals surface area contributed by atoms with Crippen LogP contribution in [-0.4, -0.2) is 44.0 Å². The van der Waals surface area contributed by atoms with E-state index in [1.165, 1.54) is 26.4 Å². The molecule has 26 heavy (non-hydrogen) atoms. The SMILES string of the molecule is COC(OCCN1CCCCC1)(C(=O)c1ccccc1)c1ccccc1. The normalized spacial score (nSPS) is 17.6. The zero-order valence-corrected chi connectivity index (χ0v) is 15.4. The second-order valence-electron chi connectivity index (χ2n) is 6.63. The molecule has 1 aliphatic rings. The molecular formula is C22H27NO3. The lowest BCUT2D eigenvalue weighted by atomic mass is 9.95. The summed E-state index contributed by atoms with van der Waals surface area (Å²) in [4.78, 5) is 15.7. The molecule has 0 N–H and O–H groups in total. The zero-order valence-electron chi connectivity index (χ0n) is 15.4. The molecule has 1 unspecified atom stereocenters. The maximum absolute atomic E-state index is 13.3. The molecule has 0 spiro atoms. The molecular weight excluding hydrogens is 326 g/mol. The molecule has 0 aromatic heterocycles. The highest BCUT2D eigenvalue weighted by atomic mass is 16.7. The summed E-state index contributed by atoms with van der Waals surface area (Å²) in [7, 11) is 1.54. The van der Waals surface area contributed by atoms with Gasteiger partial charge in [-0.15, -0.1) is 0 Å². The molecule has 0 aliphatic carbocycles. The predicted molar refractivity (Wildman–Crippen MR) is 102 cm³/mol. The number of carbonyl (C=O) groups excluding carboxylic acids is 1. The van der Waals surface area contributed by atoms with E-state index >= 15 is 0 Å². The molecule has 4 nitrogen and oxygen atoms in total. The first-order valence-corrected chi connectivity index (χ1v) is 9.33. The molecule has 1 saturated heterocycles. The Bertz CT molecular complexity index is 683. The number of hydrogen-bond acceptors (Lipinski definition) is 4. The number of nitrogens with zero attached hydrogens (tertiary/aromatic N) is 1. The first-order chi connectivity index (χ1) is 12.8. The van der Waals surface area contributed by atoms with Crippen LogP contribution >= 0.6 is 0 Å². The van der Waals surface area contributed by atoms with Gasteiger partial charge in [-0.1, -0.05) is 67.1 Å². The van der Waals surface area contributed by atoms with Crippen molar-refractivity contribution < 1.29 is 14.3 Å². The Hall–Kier alpha value is -2.01. The average Bonchev–Trinajstić information content (AvgIpc) is 2.73. The van der Waals surface area contributed by atoms with E-state index in [4.69, 9.17) is 9.47 Å². The van der Waals surface area contributed by atoms with Gasteiger partial charge in [0.25, 0.3) is 5.79 Å². The molecule has 4 heteroatoms. The molecule has 1 atom stereocenters. The first kappa shape index (κ1) is 18.8. The van der Waals surface area contributed by atoms with Crippen LogP contribution in [0.3, 0.4) is 0 Å². The van der Waals surface area contributed by atoms with Crippen LogP contribution in [0.1, 0.15) is 35.2 Å². The van der Waals surface area contributed by atoms with Crippen LogP contribution in [0.25, 0.3) is 0 Å². The van der Waals surface area contributed by atoms with Gasteiger partial charge in [-0.25, -0.2) is 0 Å². The van der Waals surface area contributed by atoms with Crippen molar-refractivity contribution in [1.29, 1.82) is 0 Å². The number of rotatable bonds is 8. The summed E-state index contributed by atoms with van der Waals surface area (Å²) >= 11 is 0. The van der Waals surface area contributed by atoms with Gasteiger partial charge in [0.2, 0.25) is 5.78 Å². The van der Waals surface area contributed by atoms with Gasteiger partial charge in [0.1, 0.15) is 0 Å². The number of methoxy groups -OCH3 is 1. The van der Waals surface area contributed by atoms with E-state index in [0.29, 0.717) is 12.2 Å². The van der Waals surface area contributed by atoms with E-state index < -0.39 is 5.79 Å². The van der Waals surface area contributed by atoms with Crippen molar-refractivity contribution in [1.82, 2.24) is 4.90 Å². The third-order valence-corrected chi connectivity index (χ3v) is 4.94. The minimum atomic E-state index is -1.42. The van der Waals surface area contributed by atoms with E-state index in [1.807, 2.05) is 48.5 Å². The number of hydrogen-bond donors (Lipinski definition) is 0. The van der Waals surface area contributed by atoms with Crippen molar-refractivity contribution in [3.63, 3.8) is 0 Å². The predicted octanol–water partition coefficient (Wildman–Crippen LogP) is 3.87. The van der Waals surface area contributed by atoms with Crippen LogP contribution in [-0.2, 0) is 15.3 Å². The van der Waals surface area contributed by atoms with E-state index in [9.17, 15) is 4.79 Å². The summed E-state index contributed by atoms with van der Waals surface area (Å²) in [6.45, 7) is 3.45. The minimum Gasteiger partial charge on any atom is -0.343 e. The summed E-state index contributed by atoms with van der Waals surface area (Å²) in [6, 6.07) is 18.7. The third-order valence-electron chi connectivity index (χ3n) is 4.94. The number of benzene rings is 2. The van der Waals surface area contributed by atoms with E-state index in [1.54, 1.807) is 12.1 Å². The van der Waals surface area contributed by atoms with Crippen molar-refractivity contribution in [3.05, 3.63) is 71.8 Å². The minimum absolute atomic E-state index is 0.176. The second kappa shape index (κ2) is 9.08. The van der Waals surface area contributed by atoms with Crippen molar-refractivity contribution >= 4 is 5.78 Å². The number of ether oxygens (including phenoxy) is 2. The van der Waals surface area contributed by atoms with Crippen molar-refractivity contribution in [2.24, 2.45) is 0 Å². The Balaban J connectivity index is 1.82. The van der Waals surface area contributed by atoms with Gasteiger partial charge in [-0.3, -0.25) is 4.79 Å². The van der Waals surface area contributed by atoms with Gasteiger partial charge < -0.3 is 14.4 Å². The molecule has 2 aromatic carbocycles. The van der Waals surface area contributed by atoms with Crippen LogP contribution in [0, 0.1) is 0 Å². The molecule has 0 saturated carbocycles. The molecule has 0 radical (unpaired) electrons. The van der Waals surface area contributed by atoms with Gasteiger partial charge in [-0.05, 0) is 25.9 Å². The fraction of sp³-hybridized carbons (Fsp3) is 0.409. The Morgan fingerprint density at radius 2 is 1.58 bits per heavy atom. The summed E-state index contributed by atoms with van der Waals surface area (Å²) in [5.41, 5.74) is 1.30. The molecule has 3 rings (SSSR count). The second-order valence-corrected chi connectivity index (χ2v) is 6.63. The van der Waals surface area contributed by atoms with Crippen molar-refractivity contribution in [2.75, 3.05) is 33.4 Å². The van der Waals surface area contributed by atoms with Gasteiger partial charge in [-0.2, -0.15) is 0 Å². The van der Waals surface area contributed by atoms with Crippen LogP contribution < -0.4 is 0 Å². The molecule has 0 bridgehead atoms. The highest BCUT2D eigenvalue weighted by Crippen LogP contribution is 2.31. The highest BCUT2D eigenvalue weighted by molar-refractivity contribution is 6.02.